The zero-order chi connectivity index (χ0) is 15.4. The van der Waals surface area contributed by atoms with Crippen LogP contribution in [0.4, 0.5) is 11.4 Å². The normalized spacial score (nSPS) is 12.0. The largest absolute Gasteiger partial charge is 0.386 e. The minimum atomic E-state index is -0.981. The minimum absolute atomic E-state index is 0.0499. The number of nitro groups is 1. The smallest absolute Gasteiger partial charge is 0.292 e. The molecule has 0 saturated carbocycles. The van der Waals surface area contributed by atoms with Crippen LogP contribution in [0.15, 0.2) is 42.5 Å². The first-order valence-electron chi connectivity index (χ1n) is 6.10. The second kappa shape index (κ2) is 6.76. The summed E-state index contributed by atoms with van der Waals surface area (Å²) in [4.78, 5) is 10.4. The number of nitro benzene ring substituents is 1. The molecule has 0 amide bonds. The molecule has 0 heterocycles. The van der Waals surface area contributed by atoms with Crippen LogP contribution in [0.2, 0.25) is 10.0 Å². The standard InChI is InChI=1S/C14H12Cl2N2O3/c15-9-4-3-5-10(16)14(9)13(19)8-17-11-6-1-2-7-12(11)18(20)21/h1-7,13,17,19H,8H2. The third-order valence-corrected chi connectivity index (χ3v) is 3.58. The highest BCUT2D eigenvalue weighted by molar-refractivity contribution is 6.36. The van der Waals surface area contributed by atoms with Crippen LogP contribution >= 0.6 is 23.2 Å². The van der Waals surface area contributed by atoms with E-state index < -0.39 is 11.0 Å². The van der Waals surface area contributed by atoms with Gasteiger partial charge in [-0.2, -0.15) is 0 Å². The highest BCUT2D eigenvalue weighted by Gasteiger charge is 2.17. The molecule has 0 aliphatic carbocycles. The molecule has 2 aromatic rings. The van der Waals surface area contributed by atoms with Crippen molar-refractivity contribution in [2.24, 2.45) is 0 Å². The Morgan fingerprint density at radius 3 is 2.38 bits per heavy atom. The van der Waals surface area contributed by atoms with Gasteiger partial charge in [-0.25, -0.2) is 0 Å². The number of aliphatic hydroxyl groups is 1. The predicted molar refractivity (Wildman–Crippen MR) is 83.0 cm³/mol. The fourth-order valence-corrected chi connectivity index (χ4v) is 2.57. The van der Waals surface area contributed by atoms with E-state index in [2.05, 4.69) is 5.32 Å². The van der Waals surface area contributed by atoms with Crippen LogP contribution in [0.25, 0.3) is 0 Å². The lowest BCUT2D eigenvalue weighted by Crippen LogP contribution is -2.13. The second-order valence-corrected chi connectivity index (χ2v) is 5.12. The van der Waals surface area contributed by atoms with Gasteiger partial charge in [0.1, 0.15) is 5.69 Å². The van der Waals surface area contributed by atoms with Crippen LogP contribution in [0, 0.1) is 10.1 Å². The average molecular weight is 327 g/mol. The molecule has 0 bridgehead atoms. The maximum absolute atomic E-state index is 10.9. The summed E-state index contributed by atoms with van der Waals surface area (Å²) < 4.78 is 0. The van der Waals surface area contributed by atoms with Gasteiger partial charge in [0.05, 0.1) is 11.0 Å². The summed E-state index contributed by atoms with van der Waals surface area (Å²) in [5.41, 5.74) is 0.659. The zero-order valence-corrected chi connectivity index (χ0v) is 12.3. The highest BCUT2D eigenvalue weighted by Crippen LogP contribution is 2.31. The number of nitrogens with zero attached hydrogens (tertiary/aromatic N) is 1. The molecule has 0 spiro atoms. The third-order valence-electron chi connectivity index (χ3n) is 2.92. The first kappa shape index (κ1) is 15.6. The lowest BCUT2D eigenvalue weighted by atomic mass is 10.1. The van der Waals surface area contributed by atoms with Gasteiger partial charge in [-0.1, -0.05) is 41.4 Å². The Bertz CT molecular complexity index is 644. The molecule has 0 aliphatic heterocycles. The van der Waals surface area contributed by atoms with Crippen molar-refractivity contribution in [3.63, 3.8) is 0 Å². The molecule has 0 radical (unpaired) electrons. The Morgan fingerprint density at radius 2 is 1.76 bits per heavy atom. The van der Waals surface area contributed by atoms with Crippen molar-refractivity contribution >= 4 is 34.6 Å². The van der Waals surface area contributed by atoms with Crippen LogP contribution in [0.3, 0.4) is 0 Å². The van der Waals surface area contributed by atoms with E-state index >= 15 is 0 Å². The minimum Gasteiger partial charge on any atom is -0.386 e. The van der Waals surface area contributed by atoms with E-state index in [0.29, 0.717) is 21.3 Å². The Hall–Kier alpha value is -1.82. The molecule has 2 N–H and O–H groups in total. The van der Waals surface area contributed by atoms with Gasteiger partial charge in [0.2, 0.25) is 0 Å². The van der Waals surface area contributed by atoms with E-state index in [1.807, 2.05) is 0 Å². The number of rotatable bonds is 5. The van der Waals surface area contributed by atoms with Gasteiger partial charge >= 0.3 is 0 Å². The number of anilines is 1. The third kappa shape index (κ3) is 3.64. The van der Waals surface area contributed by atoms with E-state index in [4.69, 9.17) is 23.2 Å². The molecule has 0 aromatic heterocycles. The lowest BCUT2D eigenvalue weighted by Gasteiger charge is -2.15. The maximum Gasteiger partial charge on any atom is 0.292 e. The topological polar surface area (TPSA) is 75.4 Å². The number of benzene rings is 2. The summed E-state index contributed by atoms with van der Waals surface area (Å²) in [6, 6.07) is 11.1. The molecule has 0 fully saturated rings. The number of nitrogens with one attached hydrogen (secondary N) is 1. The maximum atomic E-state index is 10.9. The van der Waals surface area contributed by atoms with E-state index in [1.165, 1.54) is 6.07 Å². The van der Waals surface area contributed by atoms with Gasteiger partial charge in [-0.3, -0.25) is 10.1 Å². The fourth-order valence-electron chi connectivity index (χ4n) is 1.92. The predicted octanol–water partition coefficient (Wildman–Crippen LogP) is 4.05. The van der Waals surface area contributed by atoms with Crippen molar-refractivity contribution < 1.29 is 10.0 Å². The first-order valence-corrected chi connectivity index (χ1v) is 6.85. The molecule has 7 heteroatoms. The average Bonchev–Trinajstić information content (AvgIpc) is 2.45. The monoisotopic (exact) mass is 326 g/mol. The lowest BCUT2D eigenvalue weighted by molar-refractivity contribution is -0.384. The number of halogens is 2. The van der Waals surface area contributed by atoms with Gasteiger partial charge in [-0.15, -0.1) is 0 Å². The molecule has 21 heavy (non-hydrogen) atoms. The molecule has 2 aromatic carbocycles. The van der Waals surface area contributed by atoms with Gasteiger partial charge < -0.3 is 10.4 Å². The SMILES string of the molecule is O=[N+]([O-])c1ccccc1NCC(O)c1c(Cl)cccc1Cl. The Labute approximate surface area is 131 Å². The quantitative estimate of drug-likeness (QED) is 0.642. The zero-order valence-electron chi connectivity index (χ0n) is 10.8. The number of para-hydroxylation sites is 2. The Kier molecular flexibility index (Phi) is 5.01. The highest BCUT2D eigenvalue weighted by atomic mass is 35.5. The summed E-state index contributed by atoms with van der Waals surface area (Å²) >= 11 is 12.0. The van der Waals surface area contributed by atoms with E-state index in [9.17, 15) is 15.2 Å². The van der Waals surface area contributed by atoms with E-state index in [1.54, 1.807) is 36.4 Å². The first-order chi connectivity index (χ1) is 10.0. The van der Waals surface area contributed by atoms with Crippen molar-refractivity contribution in [1.29, 1.82) is 0 Å². The van der Waals surface area contributed by atoms with Crippen LogP contribution in [0.5, 0.6) is 0 Å². The molecular formula is C14H12Cl2N2O3. The molecule has 5 nitrogen and oxygen atoms in total. The summed E-state index contributed by atoms with van der Waals surface area (Å²) in [5, 5.41) is 24.6. The molecule has 110 valence electrons. The number of hydrogen-bond donors (Lipinski definition) is 2. The van der Waals surface area contributed by atoms with Crippen molar-refractivity contribution in [2.75, 3.05) is 11.9 Å². The van der Waals surface area contributed by atoms with Gasteiger partial charge in [0, 0.05) is 28.2 Å². The molecular weight excluding hydrogens is 315 g/mol. The van der Waals surface area contributed by atoms with Crippen LogP contribution in [0.1, 0.15) is 11.7 Å². The van der Waals surface area contributed by atoms with Crippen LogP contribution < -0.4 is 5.32 Å². The fraction of sp³-hybridized carbons (Fsp3) is 0.143. The molecule has 2 rings (SSSR count). The molecule has 1 atom stereocenters. The molecule has 0 aliphatic rings. The Balaban J connectivity index is 2.15. The van der Waals surface area contributed by atoms with Gasteiger partial charge in [0.25, 0.3) is 5.69 Å². The number of hydrogen-bond acceptors (Lipinski definition) is 4. The van der Waals surface area contributed by atoms with Gasteiger partial charge in [0.15, 0.2) is 0 Å². The van der Waals surface area contributed by atoms with Crippen LogP contribution in [-0.2, 0) is 0 Å². The van der Waals surface area contributed by atoms with Gasteiger partial charge in [-0.05, 0) is 18.2 Å². The van der Waals surface area contributed by atoms with Crippen LogP contribution in [-0.4, -0.2) is 16.6 Å². The van der Waals surface area contributed by atoms with E-state index in [0.717, 1.165) is 0 Å². The molecule has 0 saturated heterocycles. The summed E-state index contributed by atoms with van der Waals surface area (Å²) in [5.74, 6) is 0. The van der Waals surface area contributed by atoms with Crippen molar-refractivity contribution in [3.8, 4) is 0 Å². The Morgan fingerprint density at radius 1 is 1.14 bits per heavy atom. The van der Waals surface area contributed by atoms with Crippen molar-refractivity contribution in [3.05, 3.63) is 68.2 Å². The number of aliphatic hydroxyl groups excluding tert-OH is 1. The van der Waals surface area contributed by atoms with E-state index in [-0.39, 0.29) is 12.2 Å². The molecule has 1 unspecified atom stereocenters. The second-order valence-electron chi connectivity index (χ2n) is 4.31. The summed E-state index contributed by atoms with van der Waals surface area (Å²) in [6.07, 6.45) is -0.981. The van der Waals surface area contributed by atoms with Crippen molar-refractivity contribution in [2.45, 2.75) is 6.10 Å². The summed E-state index contributed by atoms with van der Waals surface area (Å²) in [6.45, 7) is 0.0499. The summed E-state index contributed by atoms with van der Waals surface area (Å²) in [7, 11) is 0. The van der Waals surface area contributed by atoms with Crippen molar-refractivity contribution in [1.82, 2.24) is 0 Å².